The summed E-state index contributed by atoms with van der Waals surface area (Å²) in [6.07, 6.45) is 1.47. The Labute approximate surface area is 116 Å². The number of benzene rings is 1. The Kier molecular flexibility index (Phi) is 3.92. The van der Waals surface area contributed by atoms with Crippen molar-refractivity contribution in [2.75, 3.05) is 17.1 Å². The quantitative estimate of drug-likeness (QED) is 0.910. The molecule has 0 atom stereocenters. The molecule has 0 spiro atoms. The van der Waals surface area contributed by atoms with Crippen molar-refractivity contribution in [3.63, 3.8) is 0 Å². The molecule has 0 amide bonds. The molecule has 0 saturated heterocycles. The van der Waals surface area contributed by atoms with Crippen LogP contribution in [0.3, 0.4) is 0 Å². The van der Waals surface area contributed by atoms with Crippen molar-refractivity contribution in [1.29, 1.82) is 0 Å². The van der Waals surface area contributed by atoms with Crippen LogP contribution < -0.4 is 10.0 Å². The standard InChI is InChI=1S/C12H12ClN3O2S/c1-14-10-6-2-3-7-11(10)19(17,18)16-12-9(13)5-4-8-15-12/h2-8,14H,1H3,(H,15,16). The number of hydrogen-bond donors (Lipinski definition) is 2. The van der Waals surface area contributed by atoms with Crippen molar-refractivity contribution in [1.82, 2.24) is 4.98 Å². The molecule has 0 aliphatic heterocycles. The van der Waals surface area contributed by atoms with Crippen molar-refractivity contribution < 1.29 is 8.42 Å². The second-order valence-electron chi connectivity index (χ2n) is 3.69. The number of pyridine rings is 1. The maximum Gasteiger partial charge on any atom is 0.265 e. The van der Waals surface area contributed by atoms with Gasteiger partial charge >= 0.3 is 0 Å². The van der Waals surface area contributed by atoms with E-state index in [4.69, 9.17) is 11.6 Å². The lowest BCUT2D eigenvalue weighted by Gasteiger charge is -2.11. The van der Waals surface area contributed by atoms with Crippen molar-refractivity contribution in [3.8, 4) is 0 Å². The lowest BCUT2D eigenvalue weighted by molar-refractivity contribution is 0.601. The van der Waals surface area contributed by atoms with E-state index in [1.54, 1.807) is 37.4 Å². The molecule has 1 aromatic heterocycles. The first kappa shape index (κ1) is 13.6. The van der Waals surface area contributed by atoms with Crippen LogP contribution in [0.1, 0.15) is 0 Å². The SMILES string of the molecule is CNc1ccccc1S(=O)(=O)Nc1ncccc1Cl. The largest absolute Gasteiger partial charge is 0.387 e. The average molecular weight is 298 g/mol. The van der Waals surface area contributed by atoms with Gasteiger partial charge in [0.1, 0.15) is 4.90 Å². The van der Waals surface area contributed by atoms with Gasteiger partial charge < -0.3 is 5.32 Å². The van der Waals surface area contributed by atoms with Crippen LogP contribution in [0.4, 0.5) is 11.5 Å². The van der Waals surface area contributed by atoms with Crippen LogP contribution in [0.2, 0.25) is 5.02 Å². The number of anilines is 2. The van der Waals surface area contributed by atoms with Gasteiger partial charge in [0.2, 0.25) is 0 Å². The highest BCUT2D eigenvalue weighted by Gasteiger charge is 2.19. The molecule has 0 radical (unpaired) electrons. The number of hydrogen-bond acceptors (Lipinski definition) is 4. The molecule has 0 bridgehead atoms. The van der Waals surface area contributed by atoms with Crippen molar-refractivity contribution in [2.45, 2.75) is 4.90 Å². The van der Waals surface area contributed by atoms with Gasteiger partial charge in [-0.15, -0.1) is 0 Å². The number of para-hydroxylation sites is 1. The zero-order chi connectivity index (χ0) is 13.9. The van der Waals surface area contributed by atoms with Crippen LogP contribution in [0, 0.1) is 0 Å². The molecule has 0 aliphatic carbocycles. The van der Waals surface area contributed by atoms with E-state index in [1.807, 2.05) is 0 Å². The number of halogens is 1. The predicted molar refractivity (Wildman–Crippen MR) is 76.0 cm³/mol. The van der Waals surface area contributed by atoms with E-state index in [-0.39, 0.29) is 15.7 Å². The molecule has 5 nitrogen and oxygen atoms in total. The first-order valence-electron chi connectivity index (χ1n) is 5.45. The van der Waals surface area contributed by atoms with Crippen molar-refractivity contribution in [3.05, 3.63) is 47.6 Å². The van der Waals surface area contributed by atoms with E-state index in [1.165, 1.54) is 12.3 Å². The molecule has 1 aromatic carbocycles. The minimum absolute atomic E-state index is 0.107. The van der Waals surface area contributed by atoms with Crippen molar-refractivity contribution >= 4 is 33.1 Å². The second kappa shape index (κ2) is 5.46. The summed E-state index contributed by atoms with van der Waals surface area (Å²) in [6.45, 7) is 0. The molecular formula is C12H12ClN3O2S. The fourth-order valence-electron chi connectivity index (χ4n) is 1.55. The summed E-state index contributed by atoms with van der Waals surface area (Å²) in [5, 5.41) is 3.07. The molecule has 19 heavy (non-hydrogen) atoms. The summed E-state index contributed by atoms with van der Waals surface area (Å²) < 4.78 is 26.9. The molecule has 100 valence electrons. The molecule has 0 aliphatic rings. The molecule has 2 aromatic rings. The normalized spacial score (nSPS) is 11.1. The fraction of sp³-hybridized carbons (Fsp3) is 0.0833. The average Bonchev–Trinajstić information content (AvgIpc) is 2.41. The van der Waals surface area contributed by atoms with Crippen LogP contribution in [0.5, 0.6) is 0 Å². The van der Waals surface area contributed by atoms with Crippen LogP contribution in [0.15, 0.2) is 47.5 Å². The van der Waals surface area contributed by atoms with Gasteiger partial charge in [0.15, 0.2) is 5.82 Å². The lowest BCUT2D eigenvalue weighted by atomic mass is 10.3. The van der Waals surface area contributed by atoms with Gasteiger partial charge in [-0.05, 0) is 24.3 Å². The van der Waals surface area contributed by atoms with Crippen LogP contribution in [-0.2, 0) is 10.0 Å². The summed E-state index contributed by atoms with van der Waals surface area (Å²) in [5.74, 6) is 0.107. The zero-order valence-electron chi connectivity index (χ0n) is 10.1. The molecule has 0 saturated carbocycles. The Bertz CT molecular complexity index is 689. The topological polar surface area (TPSA) is 71.1 Å². The Hall–Kier alpha value is -1.79. The first-order chi connectivity index (χ1) is 9.04. The highest BCUT2D eigenvalue weighted by molar-refractivity contribution is 7.92. The second-order valence-corrected chi connectivity index (χ2v) is 5.74. The van der Waals surface area contributed by atoms with Crippen LogP contribution in [-0.4, -0.2) is 20.4 Å². The molecule has 0 fully saturated rings. The molecule has 7 heteroatoms. The summed E-state index contributed by atoms with van der Waals surface area (Å²) in [7, 11) is -2.08. The third-order valence-electron chi connectivity index (χ3n) is 2.44. The first-order valence-corrected chi connectivity index (χ1v) is 7.31. The highest BCUT2D eigenvalue weighted by atomic mass is 35.5. The molecular weight excluding hydrogens is 286 g/mol. The highest BCUT2D eigenvalue weighted by Crippen LogP contribution is 2.25. The monoisotopic (exact) mass is 297 g/mol. The minimum Gasteiger partial charge on any atom is -0.387 e. The van der Waals surface area contributed by atoms with Crippen LogP contribution in [0.25, 0.3) is 0 Å². The summed E-state index contributed by atoms with van der Waals surface area (Å²) in [5.41, 5.74) is 0.502. The Morgan fingerprint density at radius 2 is 1.89 bits per heavy atom. The summed E-state index contributed by atoms with van der Waals surface area (Å²) in [6, 6.07) is 9.77. The maximum absolute atomic E-state index is 12.3. The lowest BCUT2D eigenvalue weighted by Crippen LogP contribution is -2.15. The summed E-state index contributed by atoms with van der Waals surface area (Å²) in [4.78, 5) is 4.04. The number of aromatic nitrogens is 1. The summed E-state index contributed by atoms with van der Waals surface area (Å²) >= 11 is 5.89. The van der Waals surface area contributed by atoms with E-state index < -0.39 is 10.0 Å². The molecule has 0 unspecified atom stereocenters. The number of nitrogens with one attached hydrogen (secondary N) is 2. The van der Waals surface area contributed by atoms with Crippen molar-refractivity contribution in [2.24, 2.45) is 0 Å². The van der Waals surface area contributed by atoms with E-state index in [0.717, 1.165) is 0 Å². The van der Waals surface area contributed by atoms with Crippen LogP contribution >= 0.6 is 11.6 Å². The Morgan fingerprint density at radius 3 is 2.58 bits per heavy atom. The van der Waals surface area contributed by atoms with Gasteiger partial charge in [-0.25, -0.2) is 13.4 Å². The van der Waals surface area contributed by atoms with E-state index in [9.17, 15) is 8.42 Å². The van der Waals surface area contributed by atoms with Gasteiger partial charge in [-0.1, -0.05) is 23.7 Å². The fourth-order valence-corrected chi connectivity index (χ4v) is 3.02. The van der Waals surface area contributed by atoms with Gasteiger partial charge in [0, 0.05) is 13.2 Å². The minimum atomic E-state index is -3.74. The number of nitrogens with zero attached hydrogens (tertiary/aromatic N) is 1. The van der Waals surface area contributed by atoms with E-state index in [2.05, 4.69) is 15.0 Å². The molecule has 1 heterocycles. The molecule has 2 N–H and O–H groups in total. The van der Waals surface area contributed by atoms with Gasteiger partial charge in [-0.2, -0.15) is 0 Å². The Balaban J connectivity index is 2.41. The van der Waals surface area contributed by atoms with Gasteiger partial charge in [0.05, 0.1) is 10.7 Å². The maximum atomic E-state index is 12.3. The number of rotatable bonds is 4. The third-order valence-corrected chi connectivity index (χ3v) is 4.14. The predicted octanol–water partition coefficient (Wildman–Crippen LogP) is 2.58. The Morgan fingerprint density at radius 1 is 1.16 bits per heavy atom. The third kappa shape index (κ3) is 2.97. The van der Waals surface area contributed by atoms with Gasteiger partial charge in [-0.3, -0.25) is 4.72 Å². The molecule has 2 rings (SSSR count). The zero-order valence-corrected chi connectivity index (χ0v) is 11.7. The van der Waals surface area contributed by atoms with E-state index in [0.29, 0.717) is 5.69 Å². The smallest absolute Gasteiger partial charge is 0.265 e. The van der Waals surface area contributed by atoms with E-state index >= 15 is 0 Å². The number of sulfonamides is 1. The van der Waals surface area contributed by atoms with Gasteiger partial charge in [0.25, 0.3) is 10.0 Å².